The molecule has 4 fully saturated rings. The number of hydrogen-bond donors (Lipinski definition) is 0. The van der Waals surface area contributed by atoms with Crippen molar-refractivity contribution in [2.45, 2.75) is 85.5 Å². The standard InChI is InChI=1S/C35H47I/c1-7-8-9-26-10-12-28(23(2)20-26)24(3)25(4)32-14-15-33-31-13-11-27-21-34(5,22-36)18-16-29(27)30(31)17-19-35(32,33)6/h7,10,12,20,25,27,29-33H,1,3,11,13-19,21-22H2,2,4-6H3/t25-,27-,29+,30-,31-,32-,33+,34-,35-/m1/s1. The summed E-state index contributed by atoms with van der Waals surface area (Å²) < 4.78 is 1.34. The van der Waals surface area contributed by atoms with E-state index < -0.39 is 0 Å². The van der Waals surface area contributed by atoms with Crippen LogP contribution in [0.15, 0.2) is 37.4 Å². The summed E-state index contributed by atoms with van der Waals surface area (Å²) in [4.78, 5) is 0. The van der Waals surface area contributed by atoms with Crippen LogP contribution >= 0.6 is 22.6 Å². The number of alkyl halides is 1. The zero-order valence-electron chi connectivity index (χ0n) is 23.2. The molecule has 1 heteroatoms. The fraction of sp³-hybridized carbons (Fsp3) is 0.657. The zero-order valence-corrected chi connectivity index (χ0v) is 25.4. The van der Waals surface area contributed by atoms with Crippen molar-refractivity contribution in [1.82, 2.24) is 0 Å². The van der Waals surface area contributed by atoms with Gasteiger partial charge in [-0.3, -0.25) is 0 Å². The lowest BCUT2D eigenvalue weighted by Gasteiger charge is -2.58. The van der Waals surface area contributed by atoms with Crippen LogP contribution in [-0.2, 0) is 0 Å². The first-order valence-electron chi connectivity index (χ1n) is 14.7. The molecular formula is C35H47I. The van der Waals surface area contributed by atoms with Gasteiger partial charge in [0.15, 0.2) is 0 Å². The van der Waals surface area contributed by atoms with Gasteiger partial charge in [-0.1, -0.05) is 74.4 Å². The van der Waals surface area contributed by atoms with Gasteiger partial charge < -0.3 is 0 Å². The highest BCUT2D eigenvalue weighted by molar-refractivity contribution is 14.1. The molecule has 1 aromatic rings. The SMILES string of the molecule is C=CC#Cc1ccc(C(=C)[C@@H](C)[C@H]2CC[C@H]3[C@@H]4CC[C@@H]5C[C@](C)(CI)CC[C@@H]5[C@H]4CC[C@]23C)c(C)c1. The maximum Gasteiger partial charge on any atom is 0.0251 e. The minimum atomic E-state index is 0.491. The average Bonchev–Trinajstić information content (AvgIpc) is 3.23. The number of fused-ring (bicyclic) bond motifs is 5. The van der Waals surface area contributed by atoms with Crippen LogP contribution in [0.2, 0.25) is 0 Å². The van der Waals surface area contributed by atoms with Crippen molar-refractivity contribution in [2.24, 2.45) is 52.3 Å². The highest BCUT2D eigenvalue weighted by Gasteiger charge is 2.58. The molecule has 0 N–H and O–H groups in total. The molecule has 0 radical (unpaired) electrons. The Hall–Kier alpha value is -1.01. The van der Waals surface area contributed by atoms with E-state index >= 15 is 0 Å². The molecule has 0 saturated heterocycles. The molecule has 9 atom stereocenters. The summed E-state index contributed by atoms with van der Waals surface area (Å²) in [6.07, 6.45) is 15.0. The minimum Gasteiger partial charge on any atom is -0.0949 e. The highest BCUT2D eigenvalue weighted by atomic mass is 127. The maximum atomic E-state index is 4.70. The summed E-state index contributed by atoms with van der Waals surface area (Å²) >= 11 is 2.66. The van der Waals surface area contributed by atoms with Gasteiger partial charge in [-0.15, -0.1) is 0 Å². The molecule has 0 aromatic heterocycles. The molecule has 0 unspecified atom stereocenters. The summed E-state index contributed by atoms with van der Waals surface area (Å²) in [5.74, 6) is 12.5. The van der Waals surface area contributed by atoms with Crippen LogP contribution in [0.25, 0.3) is 5.57 Å². The van der Waals surface area contributed by atoms with Gasteiger partial charge in [-0.05, 0) is 152 Å². The molecule has 5 rings (SSSR count). The van der Waals surface area contributed by atoms with E-state index in [1.54, 1.807) is 6.08 Å². The second-order valence-corrected chi connectivity index (χ2v) is 14.4. The van der Waals surface area contributed by atoms with Crippen molar-refractivity contribution in [3.05, 3.63) is 54.1 Å². The van der Waals surface area contributed by atoms with Gasteiger partial charge in [0.2, 0.25) is 0 Å². The molecule has 36 heavy (non-hydrogen) atoms. The van der Waals surface area contributed by atoms with E-state index in [0.717, 1.165) is 41.1 Å². The molecule has 0 spiro atoms. The Morgan fingerprint density at radius 2 is 1.86 bits per heavy atom. The van der Waals surface area contributed by atoms with E-state index in [2.05, 4.69) is 86.9 Å². The Morgan fingerprint density at radius 3 is 2.58 bits per heavy atom. The van der Waals surface area contributed by atoms with E-state index in [-0.39, 0.29) is 0 Å². The lowest BCUT2D eigenvalue weighted by molar-refractivity contribution is -0.0777. The quantitative estimate of drug-likeness (QED) is 0.185. The van der Waals surface area contributed by atoms with Crippen LogP contribution in [0.5, 0.6) is 0 Å². The Kier molecular flexibility index (Phi) is 7.59. The van der Waals surface area contributed by atoms with E-state index in [0.29, 0.717) is 16.7 Å². The second-order valence-electron chi connectivity index (χ2n) is 13.7. The summed E-state index contributed by atoms with van der Waals surface area (Å²) in [6.45, 7) is 18.4. The number of aryl methyl sites for hydroxylation is 1. The summed E-state index contributed by atoms with van der Waals surface area (Å²) in [7, 11) is 0. The predicted molar refractivity (Wildman–Crippen MR) is 164 cm³/mol. The molecular weight excluding hydrogens is 547 g/mol. The number of rotatable bonds is 4. The Balaban J connectivity index is 1.31. The summed E-state index contributed by atoms with van der Waals surface area (Å²) in [6, 6.07) is 6.65. The number of halogens is 1. The van der Waals surface area contributed by atoms with Gasteiger partial charge in [0, 0.05) is 9.99 Å². The van der Waals surface area contributed by atoms with Crippen LogP contribution in [0.3, 0.4) is 0 Å². The second kappa shape index (κ2) is 10.3. The smallest absolute Gasteiger partial charge is 0.0251 e. The number of allylic oxidation sites excluding steroid dienone is 2. The molecule has 194 valence electrons. The third kappa shape index (κ3) is 4.57. The third-order valence-corrected chi connectivity index (χ3v) is 13.6. The van der Waals surface area contributed by atoms with Gasteiger partial charge in [0.25, 0.3) is 0 Å². The van der Waals surface area contributed by atoms with Gasteiger partial charge in [-0.2, -0.15) is 0 Å². The van der Waals surface area contributed by atoms with E-state index in [1.807, 2.05) is 0 Å². The minimum absolute atomic E-state index is 0.491. The topological polar surface area (TPSA) is 0 Å². The summed E-state index contributed by atoms with van der Waals surface area (Å²) in [5, 5.41) is 0. The van der Waals surface area contributed by atoms with Crippen molar-refractivity contribution >= 4 is 28.2 Å². The molecule has 0 heterocycles. The Bertz CT molecular complexity index is 1070. The van der Waals surface area contributed by atoms with Crippen molar-refractivity contribution in [1.29, 1.82) is 0 Å². The van der Waals surface area contributed by atoms with Crippen LogP contribution < -0.4 is 0 Å². The molecule has 4 saturated carbocycles. The molecule has 0 aliphatic heterocycles. The maximum absolute atomic E-state index is 4.70. The van der Waals surface area contributed by atoms with Crippen molar-refractivity contribution in [3.63, 3.8) is 0 Å². The Morgan fingerprint density at radius 1 is 1.08 bits per heavy atom. The van der Waals surface area contributed by atoms with Crippen LogP contribution in [-0.4, -0.2) is 4.43 Å². The first kappa shape index (κ1) is 26.6. The van der Waals surface area contributed by atoms with Crippen molar-refractivity contribution in [2.75, 3.05) is 4.43 Å². The van der Waals surface area contributed by atoms with E-state index in [4.69, 9.17) is 6.58 Å². The predicted octanol–water partition coefficient (Wildman–Crippen LogP) is 9.89. The molecule has 0 bridgehead atoms. The van der Waals surface area contributed by atoms with Crippen LogP contribution in [0, 0.1) is 71.0 Å². The van der Waals surface area contributed by atoms with Gasteiger partial charge >= 0.3 is 0 Å². The van der Waals surface area contributed by atoms with Crippen LogP contribution in [0.4, 0.5) is 0 Å². The van der Waals surface area contributed by atoms with Crippen molar-refractivity contribution < 1.29 is 0 Å². The molecule has 0 amide bonds. The van der Waals surface area contributed by atoms with Crippen LogP contribution in [0.1, 0.15) is 95.2 Å². The van der Waals surface area contributed by atoms with Gasteiger partial charge in [-0.25, -0.2) is 0 Å². The number of hydrogen-bond acceptors (Lipinski definition) is 0. The largest absolute Gasteiger partial charge is 0.0949 e. The van der Waals surface area contributed by atoms with E-state index in [9.17, 15) is 0 Å². The van der Waals surface area contributed by atoms with Gasteiger partial charge in [0.1, 0.15) is 0 Å². The molecule has 4 aliphatic carbocycles. The number of benzene rings is 1. The molecule has 4 aliphatic rings. The Labute approximate surface area is 235 Å². The third-order valence-electron chi connectivity index (χ3n) is 11.8. The lowest BCUT2D eigenvalue weighted by Crippen LogP contribution is -2.50. The monoisotopic (exact) mass is 594 g/mol. The molecule has 0 nitrogen and oxygen atoms in total. The molecule has 1 aromatic carbocycles. The normalized spacial score (nSPS) is 40.1. The van der Waals surface area contributed by atoms with Gasteiger partial charge in [0.05, 0.1) is 0 Å². The van der Waals surface area contributed by atoms with Crippen molar-refractivity contribution in [3.8, 4) is 11.8 Å². The fourth-order valence-corrected chi connectivity index (χ4v) is 10.6. The van der Waals surface area contributed by atoms with E-state index in [1.165, 1.54) is 78.9 Å². The highest BCUT2D eigenvalue weighted by Crippen LogP contribution is 2.66. The average molecular weight is 595 g/mol. The fourth-order valence-electron chi connectivity index (χ4n) is 9.89. The zero-order chi connectivity index (χ0) is 25.7. The first-order chi connectivity index (χ1) is 17.2. The summed E-state index contributed by atoms with van der Waals surface area (Å²) in [5.41, 5.74) is 6.17. The lowest BCUT2D eigenvalue weighted by atomic mass is 9.47. The first-order valence-corrected chi connectivity index (χ1v) is 16.2.